The number of carbonyl (C=O) groups excluding carboxylic acids is 1. The van der Waals surface area contributed by atoms with Crippen molar-refractivity contribution >= 4 is 11.6 Å². The summed E-state index contributed by atoms with van der Waals surface area (Å²) in [4.78, 5) is 11.7. The second kappa shape index (κ2) is 6.04. The molecule has 0 fully saturated rings. The standard InChI is InChI=1S/C17H23N3O/c1-11-6-7-14(17(21)18-4)9-16(11)19-10-15-8-12(2)20(5)13(15)3/h6-9,19H,10H2,1-5H3,(H,18,21). The summed E-state index contributed by atoms with van der Waals surface area (Å²) in [6.45, 7) is 7.02. The van der Waals surface area contributed by atoms with E-state index in [4.69, 9.17) is 0 Å². The third-order valence-corrected chi connectivity index (χ3v) is 4.08. The van der Waals surface area contributed by atoms with Gasteiger partial charge in [-0.1, -0.05) is 6.07 Å². The summed E-state index contributed by atoms with van der Waals surface area (Å²) in [6, 6.07) is 7.91. The Hall–Kier alpha value is -2.23. The number of aryl methyl sites for hydroxylation is 2. The maximum absolute atomic E-state index is 11.7. The van der Waals surface area contributed by atoms with Crippen molar-refractivity contribution in [2.24, 2.45) is 7.05 Å². The van der Waals surface area contributed by atoms with Gasteiger partial charge in [0.1, 0.15) is 0 Å². The van der Waals surface area contributed by atoms with E-state index in [0.717, 1.165) is 17.8 Å². The first kappa shape index (κ1) is 15.2. The van der Waals surface area contributed by atoms with Gasteiger partial charge in [0, 0.05) is 43.3 Å². The highest BCUT2D eigenvalue weighted by atomic mass is 16.1. The van der Waals surface area contributed by atoms with E-state index >= 15 is 0 Å². The van der Waals surface area contributed by atoms with E-state index in [0.29, 0.717) is 5.56 Å². The smallest absolute Gasteiger partial charge is 0.251 e. The van der Waals surface area contributed by atoms with Crippen molar-refractivity contribution in [2.75, 3.05) is 12.4 Å². The Kier molecular flexibility index (Phi) is 4.36. The molecule has 0 bridgehead atoms. The molecule has 21 heavy (non-hydrogen) atoms. The van der Waals surface area contributed by atoms with Crippen LogP contribution in [0, 0.1) is 20.8 Å². The third kappa shape index (κ3) is 3.10. The molecule has 4 heteroatoms. The Balaban J connectivity index is 2.19. The van der Waals surface area contributed by atoms with Crippen LogP contribution in [0.1, 0.15) is 32.9 Å². The topological polar surface area (TPSA) is 46.1 Å². The van der Waals surface area contributed by atoms with Gasteiger partial charge in [-0.25, -0.2) is 0 Å². The number of amides is 1. The number of hydrogen-bond acceptors (Lipinski definition) is 2. The van der Waals surface area contributed by atoms with Crippen LogP contribution in [-0.4, -0.2) is 17.5 Å². The molecule has 0 aliphatic rings. The quantitative estimate of drug-likeness (QED) is 0.907. The Morgan fingerprint density at radius 3 is 2.48 bits per heavy atom. The number of rotatable bonds is 4. The second-order valence-corrected chi connectivity index (χ2v) is 5.42. The number of carbonyl (C=O) groups is 1. The number of nitrogens with one attached hydrogen (secondary N) is 2. The molecule has 112 valence electrons. The van der Waals surface area contributed by atoms with Gasteiger partial charge < -0.3 is 15.2 Å². The lowest BCUT2D eigenvalue weighted by Gasteiger charge is -2.11. The van der Waals surface area contributed by atoms with Gasteiger partial charge in [-0.05, 0) is 50.1 Å². The van der Waals surface area contributed by atoms with Gasteiger partial charge >= 0.3 is 0 Å². The molecular weight excluding hydrogens is 262 g/mol. The molecule has 1 aromatic carbocycles. The largest absolute Gasteiger partial charge is 0.381 e. The molecule has 0 aliphatic heterocycles. The summed E-state index contributed by atoms with van der Waals surface area (Å²) < 4.78 is 2.19. The lowest BCUT2D eigenvalue weighted by atomic mass is 10.1. The van der Waals surface area contributed by atoms with Crippen LogP contribution in [0.5, 0.6) is 0 Å². The van der Waals surface area contributed by atoms with Crippen molar-refractivity contribution in [2.45, 2.75) is 27.3 Å². The highest BCUT2D eigenvalue weighted by Crippen LogP contribution is 2.20. The number of nitrogens with zero attached hydrogens (tertiary/aromatic N) is 1. The first-order chi connectivity index (χ1) is 9.93. The summed E-state index contributed by atoms with van der Waals surface area (Å²) >= 11 is 0. The third-order valence-electron chi connectivity index (χ3n) is 4.08. The number of benzene rings is 1. The average molecular weight is 285 g/mol. The fourth-order valence-corrected chi connectivity index (χ4v) is 2.40. The van der Waals surface area contributed by atoms with Crippen molar-refractivity contribution in [3.05, 3.63) is 52.3 Å². The van der Waals surface area contributed by atoms with Crippen LogP contribution >= 0.6 is 0 Å². The predicted octanol–water partition coefficient (Wildman–Crippen LogP) is 2.92. The summed E-state index contributed by atoms with van der Waals surface area (Å²) in [5.74, 6) is -0.0650. The van der Waals surface area contributed by atoms with Crippen LogP contribution < -0.4 is 10.6 Å². The predicted molar refractivity (Wildman–Crippen MR) is 86.8 cm³/mol. The van der Waals surface area contributed by atoms with Gasteiger partial charge in [-0.15, -0.1) is 0 Å². The molecular formula is C17H23N3O. The van der Waals surface area contributed by atoms with E-state index in [1.807, 2.05) is 25.1 Å². The van der Waals surface area contributed by atoms with Crippen molar-refractivity contribution < 1.29 is 4.79 Å². The Labute approximate surface area is 126 Å². The molecule has 0 unspecified atom stereocenters. The van der Waals surface area contributed by atoms with E-state index in [2.05, 4.69) is 42.2 Å². The Bertz CT molecular complexity index is 671. The van der Waals surface area contributed by atoms with Gasteiger partial charge in [0.15, 0.2) is 0 Å². The first-order valence-corrected chi connectivity index (χ1v) is 7.12. The lowest BCUT2D eigenvalue weighted by molar-refractivity contribution is 0.0963. The second-order valence-electron chi connectivity index (χ2n) is 5.42. The van der Waals surface area contributed by atoms with E-state index in [1.165, 1.54) is 17.0 Å². The maximum Gasteiger partial charge on any atom is 0.251 e. The van der Waals surface area contributed by atoms with Gasteiger partial charge in [0.2, 0.25) is 0 Å². The van der Waals surface area contributed by atoms with Crippen LogP contribution in [0.3, 0.4) is 0 Å². The molecule has 2 aromatic rings. The SMILES string of the molecule is CNC(=O)c1ccc(C)c(NCc2cc(C)n(C)c2C)c1. The Morgan fingerprint density at radius 1 is 1.19 bits per heavy atom. The normalized spacial score (nSPS) is 10.5. The number of aromatic nitrogens is 1. The molecule has 0 aliphatic carbocycles. The van der Waals surface area contributed by atoms with Gasteiger partial charge in [0.25, 0.3) is 5.91 Å². The highest BCUT2D eigenvalue weighted by molar-refractivity contribution is 5.95. The molecule has 2 N–H and O–H groups in total. The minimum absolute atomic E-state index is 0.0650. The van der Waals surface area contributed by atoms with Crippen LogP contribution in [0.4, 0.5) is 5.69 Å². The monoisotopic (exact) mass is 285 g/mol. The minimum atomic E-state index is -0.0650. The molecule has 1 amide bonds. The van der Waals surface area contributed by atoms with Crippen molar-refractivity contribution in [1.29, 1.82) is 0 Å². The van der Waals surface area contributed by atoms with E-state index in [1.54, 1.807) is 7.05 Å². The maximum atomic E-state index is 11.7. The zero-order valence-electron chi connectivity index (χ0n) is 13.4. The minimum Gasteiger partial charge on any atom is -0.381 e. The summed E-state index contributed by atoms with van der Waals surface area (Å²) in [5.41, 5.74) is 6.59. The summed E-state index contributed by atoms with van der Waals surface area (Å²) in [5, 5.41) is 6.09. The zero-order valence-corrected chi connectivity index (χ0v) is 13.4. The Morgan fingerprint density at radius 2 is 1.90 bits per heavy atom. The van der Waals surface area contributed by atoms with Crippen LogP contribution in [0.25, 0.3) is 0 Å². The average Bonchev–Trinajstić information content (AvgIpc) is 2.73. The molecule has 1 aromatic heterocycles. The van der Waals surface area contributed by atoms with E-state index < -0.39 is 0 Å². The molecule has 4 nitrogen and oxygen atoms in total. The zero-order chi connectivity index (χ0) is 15.6. The summed E-state index contributed by atoms with van der Waals surface area (Å²) in [7, 11) is 3.72. The van der Waals surface area contributed by atoms with Crippen LogP contribution in [-0.2, 0) is 13.6 Å². The molecule has 0 spiro atoms. The van der Waals surface area contributed by atoms with E-state index in [-0.39, 0.29) is 5.91 Å². The highest BCUT2D eigenvalue weighted by Gasteiger charge is 2.09. The van der Waals surface area contributed by atoms with Gasteiger partial charge in [0.05, 0.1) is 0 Å². The number of anilines is 1. The fraction of sp³-hybridized carbons (Fsp3) is 0.353. The van der Waals surface area contributed by atoms with Gasteiger partial charge in [-0.3, -0.25) is 4.79 Å². The number of hydrogen-bond donors (Lipinski definition) is 2. The molecule has 2 rings (SSSR count). The molecule has 0 saturated carbocycles. The van der Waals surface area contributed by atoms with Crippen molar-refractivity contribution in [1.82, 2.24) is 9.88 Å². The molecule has 1 heterocycles. The molecule has 0 atom stereocenters. The van der Waals surface area contributed by atoms with Crippen molar-refractivity contribution in [3.8, 4) is 0 Å². The van der Waals surface area contributed by atoms with E-state index in [9.17, 15) is 4.79 Å². The fourth-order valence-electron chi connectivity index (χ4n) is 2.40. The first-order valence-electron chi connectivity index (χ1n) is 7.12. The molecule has 0 saturated heterocycles. The van der Waals surface area contributed by atoms with Crippen molar-refractivity contribution in [3.63, 3.8) is 0 Å². The lowest BCUT2D eigenvalue weighted by Crippen LogP contribution is -2.18. The van der Waals surface area contributed by atoms with Crippen LogP contribution in [0.2, 0.25) is 0 Å². The molecule has 0 radical (unpaired) electrons. The summed E-state index contributed by atoms with van der Waals surface area (Å²) in [6.07, 6.45) is 0. The van der Waals surface area contributed by atoms with Gasteiger partial charge in [-0.2, -0.15) is 0 Å². The van der Waals surface area contributed by atoms with Crippen LogP contribution in [0.15, 0.2) is 24.3 Å².